The van der Waals surface area contributed by atoms with E-state index in [0.717, 1.165) is 16.9 Å². The summed E-state index contributed by atoms with van der Waals surface area (Å²) in [5, 5.41) is 3.07. The molecule has 0 atom stereocenters. The second-order valence-corrected chi connectivity index (χ2v) is 6.41. The fourth-order valence-electron chi connectivity index (χ4n) is 2.65. The van der Waals surface area contributed by atoms with Crippen LogP contribution in [-0.2, 0) is 0 Å². The van der Waals surface area contributed by atoms with Gasteiger partial charge in [0.25, 0.3) is 5.91 Å². The number of hydrogen-bond acceptors (Lipinski definition) is 2. The maximum atomic E-state index is 12.1. The highest BCUT2D eigenvalue weighted by Crippen LogP contribution is 2.60. The van der Waals surface area contributed by atoms with Crippen LogP contribution < -0.4 is 11.1 Å². The molecule has 0 saturated heterocycles. The zero-order valence-electron chi connectivity index (χ0n) is 10.2. The van der Waals surface area contributed by atoms with E-state index in [1.54, 1.807) is 12.1 Å². The molecule has 96 valence electrons. The number of hydrogen-bond donors (Lipinski definition) is 2. The predicted octanol–water partition coefficient (Wildman–Crippen LogP) is 2.95. The number of nitrogens with one attached hydrogen (secondary N) is 1. The van der Waals surface area contributed by atoms with Gasteiger partial charge >= 0.3 is 0 Å². The molecule has 2 fully saturated rings. The van der Waals surface area contributed by atoms with Crippen LogP contribution in [0.3, 0.4) is 0 Å². The minimum Gasteiger partial charge on any atom is -0.399 e. The summed E-state index contributed by atoms with van der Waals surface area (Å²) in [7, 11) is 0. The fraction of sp³-hybridized carbons (Fsp3) is 0.500. The van der Waals surface area contributed by atoms with Gasteiger partial charge in [0.1, 0.15) is 0 Å². The molecule has 1 aromatic carbocycles. The van der Waals surface area contributed by atoms with Crippen LogP contribution in [0.4, 0.5) is 5.69 Å². The van der Waals surface area contributed by atoms with E-state index in [4.69, 9.17) is 5.73 Å². The number of amides is 1. The lowest BCUT2D eigenvalue weighted by Crippen LogP contribution is -2.31. The topological polar surface area (TPSA) is 55.1 Å². The molecule has 2 saturated carbocycles. The van der Waals surface area contributed by atoms with E-state index in [1.807, 2.05) is 6.07 Å². The summed E-state index contributed by atoms with van der Waals surface area (Å²) in [6.07, 6.45) is 5.24. The highest BCUT2D eigenvalue weighted by atomic mass is 79.9. The average Bonchev–Trinajstić information content (AvgIpc) is 3.21. The molecule has 0 bridgehead atoms. The van der Waals surface area contributed by atoms with Gasteiger partial charge in [-0.3, -0.25) is 4.79 Å². The molecule has 2 aliphatic carbocycles. The third-order valence-electron chi connectivity index (χ3n) is 4.17. The Morgan fingerprint density at radius 1 is 1.44 bits per heavy atom. The molecule has 1 aromatic rings. The summed E-state index contributed by atoms with van der Waals surface area (Å²) in [6, 6.07) is 5.32. The van der Waals surface area contributed by atoms with Gasteiger partial charge in [-0.15, -0.1) is 0 Å². The first-order valence-electron chi connectivity index (χ1n) is 6.44. The summed E-state index contributed by atoms with van der Waals surface area (Å²) in [6.45, 7) is 0.817. The van der Waals surface area contributed by atoms with Crippen molar-refractivity contribution in [3.05, 3.63) is 28.2 Å². The van der Waals surface area contributed by atoms with E-state index < -0.39 is 0 Å². The third kappa shape index (κ3) is 2.26. The van der Waals surface area contributed by atoms with Crippen LogP contribution in [-0.4, -0.2) is 12.5 Å². The zero-order chi connectivity index (χ0) is 12.8. The van der Waals surface area contributed by atoms with Gasteiger partial charge in [0.05, 0.1) is 5.56 Å². The lowest BCUT2D eigenvalue weighted by molar-refractivity contribution is 0.0942. The van der Waals surface area contributed by atoms with Crippen LogP contribution in [0, 0.1) is 11.3 Å². The van der Waals surface area contributed by atoms with Crippen molar-refractivity contribution in [3.63, 3.8) is 0 Å². The van der Waals surface area contributed by atoms with Crippen molar-refractivity contribution in [1.29, 1.82) is 0 Å². The van der Waals surface area contributed by atoms with Crippen LogP contribution in [0.5, 0.6) is 0 Å². The Kier molecular flexibility index (Phi) is 2.85. The van der Waals surface area contributed by atoms with E-state index in [9.17, 15) is 4.79 Å². The van der Waals surface area contributed by atoms with E-state index in [2.05, 4.69) is 21.2 Å². The van der Waals surface area contributed by atoms with Crippen molar-refractivity contribution in [2.45, 2.75) is 25.7 Å². The molecule has 1 amide bonds. The minimum absolute atomic E-state index is 0.0268. The van der Waals surface area contributed by atoms with Gasteiger partial charge in [-0.25, -0.2) is 0 Å². The molecular formula is C14H17BrN2O. The number of nitrogen functional groups attached to an aromatic ring is 1. The molecule has 2 aliphatic rings. The van der Waals surface area contributed by atoms with Gasteiger partial charge in [0, 0.05) is 16.7 Å². The molecule has 3 nitrogen and oxygen atoms in total. The first kappa shape index (κ1) is 12.0. The molecular weight excluding hydrogens is 292 g/mol. The van der Waals surface area contributed by atoms with Gasteiger partial charge in [-0.1, -0.05) is 0 Å². The summed E-state index contributed by atoms with van der Waals surface area (Å²) in [5.41, 5.74) is 7.39. The number of carbonyl (C=O) groups is 1. The Hall–Kier alpha value is -1.03. The Balaban J connectivity index is 1.65. The van der Waals surface area contributed by atoms with Crippen molar-refractivity contribution >= 4 is 27.5 Å². The maximum absolute atomic E-state index is 12.1. The largest absolute Gasteiger partial charge is 0.399 e. The smallest absolute Gasteiger partial charge is 0.252 e. The number of rotatable bonds is 4. The van der Waals surface area contributed by atoms with Crippen LogP contribution in [0.1, 0.15) is 36.0 Å². The van der Waals surface area contributed by atoms with Gasteiger partial charge in [0.2, 0.25) is 0 Å². The number of anilines is 1. The normalized spacial score (nSPS) is 20.5. The minimum atomic E-state index is -0.0268. The Morgan fingerprint density at radius 3 is 2.78 bits per heavy atom. The average molecular weight is 309 g/mol. The molecule has 0 spiro atoms. The van der Waals surface area contributed by atoms with E-state index in [-0.39, 0.29) is 5.91 Å². The molecule has 0 radical (unpaired) electrons. The first-order valence-corrected chi connectivity index (χ1v) is 7.23. The zero-order valence-corrected chi connectivity index (χ0v) is 11.8. The lowest BCUT2D eigenvalue weighted by atomic mass is 10.0. The predicted molar refractivity (Wildman–Crippen MR) is 75.3 cm³/mol. The SMILES string of the molecule is Nc1ccc(Br)c(C(=O)NCC2(C3CC3)CC2)c1. The quantitative estimate of drug-likeness (QED) is 0.840. The summed E-state index contributed by atoms with van der Waals surface area (Å²) < 4.78 is 0.797. The van der Waals surface area contributed by atoms with Crippen LogP contribution in [0.2, 0.25) is 0 Å². The number of carbonyl (C=O) groups excluding carboxylic acids is 1. The van der Waals surface area contributed by atoms with Crippen LogP contribution in [0.25, 0.3) is 0 Å². The molecule has 18 heavy (non-hydrogen) atoms. The van der Waals surface area contributed by atoms with E-state index in [0.29, 0.717) is 16.7 Å². The summed E-state index contributed by atoms with van der Waals surface area (Å²) in [4.78, 5) is 12.1. The molecule has 0 aliphatic heterocycles. The molecule has 3 rings (SSSR count). The van der Waals surface area contributed by atoms with Gasteiger partial charge < -0.3 is 11.1 Å². The highest BCUT2D eigenvalue weighted by molar-refractivity contribution is 9.10. The van der Waals surface area contributed by atoms with Gasteiger partial charge in [-0.2, -0.15) is 0 Å². The third-order valence-corrected chi connectivity index (χ3v) is 4.86. The molecule has 4 heteroatoms. The number of halogens is 1. The number of benzene rings is 1. The van der Waals surface area contributed by atoms with Crippen molar-refractivity contribution in [2.24, 2.45) is 11.3 Å². The van der Waals surface area contributed by atoms with Gasteiger partial charge in [-0.05, 0) is 71.1 Å². The summed E-state index contributed by atoms with van der Waals surface area (Å²) in [5.74, 6) is 0.836. The Labute approximate surface area is 115 Å². The second kappa shape index (κ2) is 4.26. The second-order valence-electron chi connectivity index (χ2n) is 5.56. The standard InChI is InChI=1S/C14H17BrN2O/c15-12-4-3-10(16)7-11(12)13(18)17-8-14(5-6-14)9-1-2-9/h3-4,7,9H,1-2,5-6,8,16H2,(H,17,18). The van der Waals surface area contributed by atoms with Crippen LogP contribution >= 0.6 is 15.9 Å². The maximum Gasteiger partial charge on any atom is 0.252 e. The molecule has 0 unspecified atom stereocenters. The monoisotopic (exact) mass is 308 g/mol. The molecule has 0 heterocycles. The van der Waals surface area contributed by atoms with Crippen LogP contribution in [0.15, 0.2) is 22.7 Å². The lowest BCUT2D eigenvalue weighted by Gasteiger charge is -2.15. The fourth-order valence-corrected chi connectivity index (χ4v) is 3.08. The number of nitrogens with two attached hydrogens (primary N) is 1. The Bertz CT molecular complexity index is 493. The van der Waals surface area contributed by atoms with Crippen molar-refractivity contribution < 1.29 is 4.79 Å². The highest BCUT2D eigenvalue weighted by Gasteiger charge is 2.53. The van der Waals surface area contributed by atoms with Crippen molar-refractivity contribution in [2.75, 3.05) is 12.3 Å². The summed E-state index contributed by atoms with van der Waals surface area (Å²) >= 11 is 3.39. The van der Waals surface area contributed by atoms with Crippen molar-refractivity contribution in [3.8, 4) is 0 Å². The van der Waals surface area contributed by atoms with E-state index >= 15 is 0 Å². The Morgan fingerprint density at radius 2 is 2.17 bits per heavy atom. The molecule has 3 N–H and O–H groups in total. The van der Waals surface area contributed by atoms with Crippen molar-refractivity contribution in [1.82, 2.24) is 5.32 Å². The van der Waals surface area contributed by atoms with E-state index in [1.165, 1.54) is 25.7 Å². The van der Waals surface area contributed by atoms with Gasteiger partial charge in [0.15, 0.2) is 0 Å². The molecule has 0 aromatic heterocycles. The first-order chi connectivity index (χ1) is 8.61.